The van der Waals surface area contributed by atoms with Gasteiger partial charge >= 0.3 is 0 Å². The van der Waals surface area contributed by atoms with E-state index >= 15 is 0 Å². The van der Waals surface area contributed by atoms with E-state index < -0.39 is 10.0 Å². The molecular formula is C10H14BrNO2S3. The van der Waals surface area contributed by atoms with Crippen LogP contribution in [0.3, 0.4) is 0 Å². The molecule has 1 unspecified atom stereocenters. The molecule has 3 nitrogen and oxygen atoms in total. The number of hydrogen-bond acceptors (Lipinski definition) is 4. The zero-order valence-corrected chi connectivity index (χ0v) is 13.4. The monoisotopic (exact) mass is 355 g/mol. The number of thiophene rings is 1. The van der Waals surface area contributed by atoms with Crippen molar-refractivity contribution in [3.63, 3.8) is 0 Å². The molecule has 96 valence electrons. The van der Waals surface area contributed by atoms with Crippen LogP contribution in [-0.2, 0) is 10.0 Å². The maximum atomic E-state index is 12.1. The van der Waals surface area contributed by atoms with Gasteiger partial charge in [-0.15, -0.1) is 11.3 Å². The predicted molar refractivity (Wildman–Crippen MR) is 77.4 cm³/mol. The second kappa shape index (κ2) is 5.61. The molecule has 1 aliphatic heterocycles. The smallest absolute Gasteiger partial charge is 0.210 e. The Morgan fingerprint density at radius 2 is 2.35 bits per heavy atom. The van der Waals surface area contributed by atoms with Crippen LogP contribution >= 0.6 is 39.0 Å². The van der Waals surface area contributed by atoms with Gasteiger partial charge in [0.15, 0.2) is 0 Å². The maximum Gasteiger partial charge on any atom is 0.241 e. The molecule has 0 bridgehead atoms. The molecule has 2 rings (SSSR count). The minimum atomic E-state index is -3.34. The van der Waals surface area contributed by atoms with Crippen LogP contribution < -0.4 is 4.72 Å². The molecule has 1 atom stereocenters. The molecule has 1 aromatic rings. The van der Waals surface area contributed by atoms with Crippen LogP contribution in [0.4, 0.5) is 0 Å². The fraction of sp³-hybridized carbons (Fsp3) is 0.600. The Bertz CT molecular complexity index is 492. The summed E-state index contributed by atoms with van der Waals surface area (Å²) in [6, 6.07) is 1.67. The lowest BCUT2D eigenvalue weighted by molar-refractivity contribution is 0.579. The Labute approximate surface area is 119 Å². The molecule has 1 N–H and O–H groups in total. The first-order valence-electron chi connectivity index (χ1n) is 5.36. The van der Waals surface area contributed by atoms with Gasteiger partial charge in [0, 0.05) is 16.7 Å². The summed E-state index contributed by atoms with van der Waals surface area (Å²) < 4.78 is 27.7. The Balaban J connectivity index is 2.05. The molecule has 1 fully saturated rings. The second-order valence-electron chi connectivity index (χ2n) is 3.96. The first kappa shape index (κ1) is 13.9. The van der Waals surface area contributed by atoms with Gasteiger partial charge in [-0.3, -0.25) is 0 Å². The minimum Gasteiger partial charge on any atom is -0.210 e. The third-order valence-electron chi connectivity index (χ3n) is 2.66. The van der Waals surface area contributed by atoms with E-state index in [1.54, 1.807) is 6.07 Å². The SMILES string of the molecule is Cc1sc(Br)cc1S(=O)(=O)NCC1CCCS1. The lowest BCUT2D eigenvalue weighted by Gasteiger charge is -2.10. The normalized spacial score (nSPS) is 20.9. The van der Waals surface area contributed by atoms with Crippen molar-refractivity contribution in [3.05, 3.63) is 14.7 Å². The number of halogens is 1. The Morgan fingerprint density at radius 1 is 1.59 bits per heavy atom. The highest BCUT2D eigenvalue weighted by Crippen LogP contribution is 2.30. The molecule has 1 saturated heterocycles. The third kappa shape index (κ3) is 3.47. The van der Waals surface area contributed by atoms with E-state index in [0.29, 0.717) is 16.7 Å². The zero-order valence-electron chi connectivity index (χ0n) is 9.40. The molecular weight excluding hydrogens is 342 g/mol. The molecule has 1 aliphatic rings. The summed E-state index contributed by atoms with van der Waals surface area (Å²) in [7, 11) is -3.34. The lowest BCUT2D eigenvalue weighted by atomic mass is 10.2. The van der Waals surface area contributed by atoms with Gasteiger partial charge in [0.05, 0.1) is 8.68 Å². The van der Waals surface area contributed by atoms with Crippen LogP contribution in [0.2, 0.25) is 0 Å². The van der Waals surface area contributed by atoms with E-state index in [0.717, 1.165) is 20.8 Å². The fourth-order valence-electron chi connectivity index (χ4n) is 1.78. The molecule has 2 heterocycles. The molecule has 0 amide bonds. The molecule has 0 saturated carbocycles. The van der Waals surface area contributed by atoms with Crippen LogP contribution in [0.5, 0.6) is 0 Å². The van der Waals surface area contributed by atoms with Crippen molar-refractivity contribution in [1.29, 1.82) is 0 Å². The van der Waals surface area contributed by atoms with Gasteiger partial charge in [-0.25, -0.2) is 13.1 Å². The standard InChI is InChI=1S/C10H14BrNO2S3/c1-7-9(5-10(11)16-7)17(13,14)12-6-8-3-2-4-15-8/h5,8,12H,2-4,6H2,1H3. The summed E-state index contributed by atoms with van der Waals surface area (Å²) in [6.07, 6.45) is 2.31. The van der Waals surface area contributed by atoms with E-state index in [2.05, 4.69) is 20.7 Å². The largest absolute Gasteiger partial charge is 0.241 e. The first-order chi connectivity index (χ1) is 7.99. The Kier molecular flexibility index (Phi) is 4.57. The highest BCUT2D eigenvalue weighted by molar-refractivity contribution is 9.11. The van der Waals surface area contributed by atoms with Gasteiger partial charge in [-0.05, 0) is 47.5 Å². The summed E-state index contributed by atoms with van der Waals surface area (Å²) in [5.74, 6) is 1.15. The van der Waals surface area contributed by atoms with Gasteiger partial charge in [0.25, 0.3) is 0 Å². The highest BCUT2D eigenvalue weighted by Gasteiger charge is 2.22. The summed E-state index contributed by atoms with van der Waals surface area (Å²) in [5.41, 5.74) is 0. The van der Waals surface area contributed by atoms with Gasteiger partial charge in [0.1, 0.15) is 0 Å². The van der Waals surface area contributed by atoms with Crippen molar-refractivity contribution >= 4 is 49.1 Å². The van der Waals surface area contributed by atoms with E-state index in [-0.39, 0.29) is 0 Å². The van der Waals surface area contributed by atoms with E-state index in [1.807, 2.05) is 18.7 Å². The first-order valence-corrected chi connectivity index (χ1v) is 9.50. The quantitative estimate of drug-likeness (QED) is 0.902. The van der Waals surface area contributed by atoms with E-state index in [9.17, 15) is 8.42 Å². The molecule has 1 aromatic heterocycles. The Hall–Kier alpha value is 0.440. The summed E-state index contributed by atoms with van der Waals surface area (Å²) in [5, 5.41) is 0.437. The summed E-state index contributed by atoms with van der Waals surface area (Å²) >= 11 is 6.62. The molecule has 0 radical (unpaired) electrons. The molecule has 7 heteroatoms. The van der Waals surface area contributed by atoms with Crippen molar-refractivity contribution in [1.82, 2.24) is 4.72 Å². The predicted octanol–water partition coefficient (Wildman–Crippen LogP) is 2.99. The zero-order chi connectivity index (χ0) is 12.5. The number of rotatable bonds is 4. The molecule has 0 aromatic carbocycles. The average Bonchev–Trinajstić information content (AvgIpc) is 2.85. The van der Waals surface area contributed by atoms with Crippen LogP contribution in [0.1, 0.15) is 17.7 Å². The van der Waals surface area contributed by atoms with Gasteiger partial charge < -0.3 is 0 Å². The van der Waals surface area contributed by atoms with Crippen molar-refractivity contribution in [3.8, 4) is 0 Å². The third-order valence-corrected chi connectivity index (χ3v) is 7.29. The molecule has 0 spiro atoms. The average molecular weight is 356 g/mol. The van der Waals surface area contributed by atoms with E-state index in [4.69, 9.17) is 0 Å². The highest BCUT2D eigenvalue weighted by atomic mass is 79.9. The maximum absolute atomic E-state index is 12.1. The van der Waals surface area contributed by atoms with Gasteiger partial charge in [-0.2, -0.15) is 11.8 Å². The van der Waals surface area contributed by atoms with Crippen LogP contribution in [0.25, 0.3) is 0 Å². The van der Waals surface area contributed by atoms with Crippen molar-refractivity contribution in [2.75, 3.05) is 12.3 Å². The van der Waals surface area contributed by atoms with Crippen molar-refractivity contribution in [2.24, 2.45) is 0 Å². The Morgan fingerprint density at radius 3 is 2.88 bits per heavy atom. The number of aryl methyl sites for hydroxylation is 1. The van der Waals surface area contributed by atoms with Gasteiger partial charge in [0.2, 0.25) is 10.0 Å². The van der Waals surface area contributed by atoms with Crippen LogP contribution in [0, 0.1) is 6.92 Å². The second-order valence-corrected chi connectivity index (χ2v) is 9.74. The summed E-state index contributed by atoms with van der Waals surface area (Å²) in [4.78, 5) is 1.22. The number of sulfonamides is 1. The fourth-order valence-corrected chi connectivity index (χ4v) is 6.58. The molecule has 17 heavy (non-hydrogen) atoms. The van der Waals surface area contributed by atoms with E-state index in [1.165, 1.54) is 17.8 Å². The van der Waals surface area contributed by atoms with Gasteiger partial charge in [-0.1, -0.05) is 0 Å². The minimum absolute atomic E-state index is 0.400. The van der Waals surface area contributed by atoms with Crippen LogP contribution in [-0.4, -0.2) is 26.0 Å². The number of thioether (sulfide) groups is 1. The van der Waals surface area contributed by atoms with Crippen molar-refractivity contribution in [2.45, 2.75) is 29.9 Å². The summed E-state index contributed by atoms with van der Waals surface area (Å²) in [6.45, 7) is 2.37. The van der Waals surface area contributed by atoms with Crippen molar-refractivity contribution < 1.29 is 8.42 Å². The van der Waals surface area contributed by atoms with Crippen LogP contribution in [0.15, 0.2) is 14.7 Å². The molecule has 0 aliphatic carbocycles. The topological polar surface area (TPSA) is 46.2 Å². The number of nitrogens with one attached hydrogen (secondary N) is 1. The lowest BCUT2D eigenvalue weighted by Crippen LogP contribution is -2.29. The number of hydrogen-bond donors (Lipinski definition) is 1.